The van der Waals surface area contributed by atoms with Crippen LogP contribution in [0.1, 0.15) is 37.2 Å². The highest BCUT2D eigenvalue weighted by atomic mass is 16.5. The molecule has 5 atom stereocenters. The van der Waals surface area contributed by atoms with Gasteiger partial charge in [-0.05, 0) is 56.3 Å². The molecule has 1 aromatic carbocycles. The molecule has 0 aliphatic carbocycles. The number of nitrogens with zero attached hydrogens (tertiary/aromatic N) is 2. The fraction of sp³-hybridized carbons (Fsp3) is 0.632. The SMILES string of the molecule is O=C(O)COC1CC2CCCN3CCC4c5ccccc5N1C4C23. The van der Waals surface area contributed by atoms with Gasteiger partial charge in [0.1, 0.15) is 12.8 Å². The molecule has 3 saturated heterocycles. The third-order valence-corrected chi connectivity index (χ3v) is 6.56. The Labute approximate surface area is 142 Å². The van der Waals surface area contributed by atoms with Crippen LogP contribution in [0.4, 0.5) is 5.69 Å². The zero-order valence-corrected chi connectivity index (χ0v) is 13.8. The highest BCUT2D eigenvalue weighted by molar-refractivity contribution is 5.68. The van der Waals surface area contributed by atoms with E-state index in [1.54, 1.807) is 0 Å². The van der Waals surface area contributed by atoms with Crippen molar-refractivity contribution in [2.24, 2.45) is 5.92 Å². The molecular weight excluding hydrogens is 304 g/mol. The third-order valence-electron chi connectivity index (χ3n) is 6.56. The molecule has 0 amide bonds. The van der Waals surface area contributed by atoms with Crippen LogP contribution >= 0.6 is 0 Å². The van der Waals surface area contributed by atoms with Gasteiger partial charge in [-0.3, -0.25) is 4.90 Å². The van der Waals surface area contributed by atoms with Crippen molar-refractivity contribution < 1.29 is 14.6 Å². The van der Waals surface area contributed by atoms with Crippen molar-refractivity contribution in [1.29, 1.82) is 0 Å². The average Bonchev–Trinajstić information content (AvgIpc) is 2.94. The van der Waals surface area contributed by atoms with E-state index in [-0.39, 0.29) is 12.8 Å². The van der Waals surface area contributed by atoms with E-state index in [9.17, 15) is 4.79 Å². The number of fused-ring (bicyclic) bond motifs is 3. The maximum absolute atomic E-state index is 11.0. The van der Waals surface area contributed by atoms with E-state index in [1.807, 2.05) is 0 Å². The first-order valence-electron chi connectivity index (χ1n) is 9.19. The Hall–Kier alpha value is -1.59. The topological polar surface area (TPSA) is 53.0 Å². The lowest BCUT2D eigenvalue weighted by Gasteiger charge is -2.57. The maximum atomic E-state index is 11.0. The summed E-state index contributed by atoms with van der Waals surface area (Å²) >= 11 is 0. The number of carboxylic acid groups (broad SMARTS) is 1. The van der Waals surface area contributed by atoms with Crippen molar-refractivity contribution in [3.05, 3.63) is 29.8 Å². The van der Waals surface area contributed by atoms with E-state index in [0.717, 1.165) is 6.42 Å². The summed E-state index contributed by atoms with van der Waals surface area (Å²) in [7, 11) is 0. The van der Waals surface area contributed by atoms with Crippen LogP contribution in [0.5, 0.6) is 0 Å². The summed E-state index contributed by atoms with van der Waals surface area (Å²) in [4.78, 5) is 16.2. The Balaban J connectivity index is 1.56. The molecule has 0 aromatic heterocycles. The molecule has 5 unspecified atom stereocenters. The molecule has 0 radical (unpaired) electrons. The van der Waals surface area contributed by atoms with E-state index in [2.05, 4.69) is 34.1 Å². The number of para-hydroxylation sites is 1. The van der Waals surface area contributed by atoms with Gasteiger partial charge < -0.3 is 14.7 Å². The van der Waals surface area contributed by atoms with E-state index >= 15 is 0 Å². The normalized spacial score (nSPS) is 37.0. The second-order valence-corrected chi connectivity index (χ2v) is 7.68. The molecule has 1 aromatic rings. The molecule has 3 fully saturated rings. The highest BCUT2D eigenvalue weighted by Crippen LogP contribution is 2.54. The molecule has 4 aliphatic heterocycles. The number of carbonyl (C=O) groups is 1. The summed E-state index contributed by atoms with van der Waals surface area (Å²) in [5.41, 5.74) is 2.71. The number of anilines is 1. The molecular formula is C19H24N2O3. The molecule has 1 N–H and O–H groups in total. The Kier molecular flexibility index (Phi) is 3.35. The zero-order chi connectivity index (χ0) is 16.3. The molecule has 5 heteroatoms. The van der Waals surface area contributed by atoms with Crippen LogP contribution in [0.3, 0.4) is 0 Å². The fourth-order valence-corrected chi connectivity index (χ4v) is 5.83. The summed E-state index contributed by atoms with van der Waals surface area (Å²) in [5.74, 6) is 0.324. The monoisotopic (exact) mass is 328 g/mol. The van der Waals surface area contributed by atoms with Gasteiger partial charge in [0.25, 0.3) is 0 Å². The van der Waals surface area contributed by atoms with E-state index < -0.39 is 5.97 Å². The summed E-state index contributed by atoms with van der Waals surface area (Å²) in [6.07, 6.45) is 4.56. The van der Waals surface area contributed by atoms with Gasteiger partial charge in [0, 0.05) is 17.6 Å². The van der Waals surface area contributed by atoms with Gasteiger partial charge in [0.15, 0.2) is 0 Å². The van der Waals surface area contributed by atoms with Crippen LogP contribution in [0, 0.1) is 5.92 Å². The van der Waals surface area contributed by atoms with Gasteiger partial charge in [0.2, 0.25) is 0 Å². The van der Waals surface area contributed by atoms with Gasteiger partial charge in [-0.25, -0.2) is 4.79 Å². The summed E-state index contributed by atoms with van der Waals surface area (Å²) in [6, 6.07) is 9.74. The van der Waals surface area contributed by atoms with Gasteiger partial charge in [-0.1, -0.05) is 18.2 Å². The predicted molar refractivity (Wildman–Crippen MR) is 90.1 cm³/mol. The average molecular weight is 328 g/mol. The minimum atomic E-state index is -0.880. The van der Waals surface area contributed by atoms with E-state index in [4.69, 9.17) is 9.84 Å². The number of aliphatic carboxylic acids is 1. The first-order valence-corrected chi connectivity index (χ1v) is 9.19. The Morgan fingerprint density at radius 1 is 1.21 bits per heavy atom. The minimum absolute atomic E-state index is 0.100. The van der Waals surface area contributed by atoms with Crippen molar-refractivity contribution in [2.75, 3.05) is 24.6 Å². The van der Waals surface area contributed by atoms with Crippen molar-refractivity contribution in [3.63, 3.8) is 0 Å². The van der Waals surface area contributed by atoms with Crippen LogP contribution < -0.4 is 4.90 Å². The Morgan fingerprint density at radius 3 is 2.96 bits per heavy atom. The largest absolute Gasteiger partial charge is 0.480 e. The lowest BCUT2D eigenvalue weighted by atomic mass is 9.71. The number of hydrogen-bond acceptors (Lipinski definition) is 4. The smallest absolute Gasteiger partial charge is 0.329 e. The van der Waals surface area contributed by atoms with Crippen molar-refractivity contribution in [2.45, 2.75) is 49.9 Å². The Morgan fingerprint density at radius 2 is 2.08 bits per heavy atom. The molecule has 128 valence electrons. The van der Waals surface area contributed by atoms with Gasteiger partial charge in [-0.15, -0.1) is 0 Å². The molecule has 0 saturated carbocycles. The summed E-state index contributed by atoms with van der Waals surface area (Å²) in [5, 5.41) is 9.07. The molecule has 5 rings (SSSR count). The predicted octanol–water partition coefficient (Wildman–Crippen LogP) is 2.27. The number of rotatable bonds is 3. The third kappa shape index (κ3) is 2.04. The van der Waals surface area contributed by atoms with Crippen LogP contribution in [-0.4, -0.2) is 54.0 Å². The fourth-order valence-electron chi connectivity index (χ4n) is 5.83. The number of benzene rings is 1. The van der Waals surface area contributed by atoms with E-state index in [1.165, 1.54) is 43.6 Å². The first kappa shape index (κ1) is 14.7. The highest BCUT2D eigenvalue weighted by Gasteiger charge is 2.56. The lowest BCUT2D eigenvalue weighted by Crippen LogP contribution is -2.67. The second-order valence-electron chi connectivity index (χ2n) is 7.68. The Bertz CT molecular complexity index is 664. The zero-order valence-electron chi connectivity index (χ0n) is 13.8. The number of carboxylic acids is 1. The summed E-state index contributed by atoms with van der Waals surface area (Å²) < 4.78 is 5.88. The second kappa shape index (κ2) is 5.46. The van der Waals surface area contributed by atoms with Crippen LogP contribution in [0.25, 0.3) is 0 Å². The van der Waals surface area contributed by atoms with Crippen molar-refractivity contribution >= 4 is 11.7 Å². The van der Waals surface area contributed by atoms with Gasteiger partial charge in [0.05, 0.1) is 6.04 Å². The number of hydrogen-bond donors (Lipinski definition) is 1. The molecule has 0 bridgehead atoms. The number of piperidine rings is 3. The molecule has 5 nitrogen and oxygen atoms in total. The first-order chi connectivity index (χ1) is 11.7. The molecule has 4 aliphatic rings. The summed E-state index contributed by atoms with van der Waals surface area (Å²) in [6.45, 7) is 2.21. The maximum Gasteiger partial charge on any atom is 0.329 e. The van der Waals surface area contributed by atoms with Gasteiger partial charge in [-0.2, -0.15) is 0 Å². The van der Waals surface area contributed by atoms with Crippen LogP contribution in [0.15, 0.2) is 24.3 Å². The van der Waals surface area contributed by atoms with Crippen molar-refractivity contribution in [3.8, 4) is 0 Å². The molecule has 24 heavy (non-hydrogen) atoms. The lowest BCUT2D eigenvalue weighted by molar-refractivity contribution is -0.146. The minimum Gasteiger partial charge on any atom is -0.480 e. The molecule has 4 heterocycles. The quantitative estimate of drug-likeness (QED) is 0.922. The van der Waals surface area contributed by atoms with Crippen molar-refractivity contribution in [1.82, 2.24) is 4.90 Å². The van der Waals surface area contributed by atoms with E-state index in [0.29, 0.717) is 23.9 Å². The molecule has 0 spiro atoms. The van der Waals surface area contributed by atoms with Crippen LogP contribution in [0.2, 0.25) is 0 Å². The number of ether oxygens (including phenoxy) is 1. The standard InChI is InChI=1S/C19H24N2O3/c22-17(23)11-24-16-10-12-4-3-8-20-9-7-14-13-5-1-2-6-15(13)21(16)19(14)18(12)20/h1-2,5-6,12,14,16,18-19H,3-4,7-11H2,(H,22,23). The van der Waals surface area contributed by atoms with Crippen LogP contribution in [-0.2, 0) is 9.53 Å². The van der Waals surface area contributed by atoms with Gasteiger partial charge >= 0.3 is 5.97 Å².